The third kappa shape index (κ3) is 16.3. The van der Waals surface area contributed by atoms with Gasteiger partial charge in [-0.05, 0) is 136 Å². The van der Waals surface area contributed by atoms with Gasteiger partial charge in [0.15, 0.2) is 9.84 Å². The standard InChI is InChI=1S/C54H66N4O10S/c1-3-58(4-2)45-21-24-50(48(39-45)51-38-44(26-27-55-51)54(62)56-49-17-8-14-42-13-5-6-16-47(42)49)57-53(61)43-15-7-11-41(37-43)12-9-28-65-30-32-67-34-35-68-33-31-66-29-10-36-69(63,64)46-22-18-40(19-23-46)20-25-52(59)60/h5-7,11,13,15-16,18-19,21-24,26-27,37-39,49H,3-4,8-10,12,14,17,20,25,28-36H2,1-2H3,(H,56,62)(H,57,61)(H,59,60)/t49-/m0/s1. The number of ether oxygens (including phenoxy) is 4. The Morgan fingerprint density at radius 1 is 0.710 bits per heavy atom. The summed E-state index contributed by atoms with van der Waals surface area (Å²) in [6, 6.07) is 31.6. The maximum Gasteiger partial charge on any atom is 0.303 e. The van der Waals surface area contributed by atoms with E-state index in [1.165, 1.54) is 23.3 Å². The van der Waals surface area contributed by atoms with E-state index >= 15 is 0 Å². The number of carbonyl (C=O) groups excluding carboxylic acids is 2. The summed E-state index contributed by atoms with van der Waals surface area (Å²) in [5, 5.41) is 15.2. The number of hydrogen-bond donors (Lipinski definition) is 3. The number of aliphatic carboxylic acids is 1. The number of nitrogens with zero attached hydrogens (tertiary/aromatic N) is 2. The van der Waals surface area contributed by atoms with Crippen LogP contribution in [0, 0.1) is 0 Å². The van der Waals surface area contributed by atoms with Crippen molar-refractivity contribution in [3.05, 3.63) is 143 Å². The summed E-state index contributed by atoms with van der Waals surface area (Å²) in [5.41, 5.74) is 8.19. The number of benzene rings is 4. The Labute approximate surface area is 406 Å². The predicted molar refractivity (Wildman–Crippen MR) is 268 cm³/mol. The maximum absolute atomic E-state index is 13.8. The Kier molecular flexibility index (Phi) is 20.7. The lowest BCUT2D eigenvalue weighted by atomic mass is 9.87. The van der Waals surface area contributed by atoms with E-state index in [9.17, 15) is 22.8 Å². The highest BCUT2D eigenvalue weighted by Crippen LogP contribution is 2.33. The third-order valence-corrected chi connectivity index (χ3v) is 13.8. The van der Waals surface area contributed by atoms with Crippen LogP contribution in [0.3, 0.4) is 0 Å². The summed E-state index contributed by atoms with van der Waals surface area (Å²) in [7, 11) is -3.45. The van der Waals surface area contributed by atoms with Crippen LogP contribution in [-0.4, -0.2) is 108 Å². The largest absolute Gasteiger partial charge is 0.481 e. The van der Waals surface area contributed by atoms with Crippen LogP contribution in [0.2, 0.25) is 0 Å². The maximum atomic E-state index is 13.8. The fourth-order valence-electron chi connectivity index (χ4n) is 8.29. The quantitative estimate of drug-likeness (QED) is 0.0389. The molecule has 6 rings (SSSR count). The van der Waals surface area contributed by atoms with Gasteiger partial charge in [0.25, 0.3) is 11.8 Å². The van der Waals surface area contributed by atoms with Crippen molar-refractivity contribution in [3.63, 3.8) is 0 Å². The van der Waals surface area contributed by atoms with Crippen molar-refractivity contribution in [2.24, 2.45) is 0 Å². The molecule has 4 aromatic carbocycles. The number of carbonyl (C=O) groups is 3. The highest BCUT2D eigenvalue weighted by Gasteiger charge is 2.23. The highest BCUT2D eigenvalue weighted by molar-refractivity contribution is 7.91. The van der Waals surface area contributed by atoms with E-state index < -0.39 is 15.8 Å². The molecule has 0 bridgehead atoms. The molecule has 0 fully saturated rings. The molecule has 5 aromatic rings. The van der Waals surface area contributed by atoms with Gasteiger partial charge in [0.1, 0.15) is 0 Å². The minimum atomic E-state index is -3.45. The summed E-state index contributed by atoms with van der Waals surface area (Å²) >= 11 is 0. The SMILES string of the molecule is CCN(CC)c1ccc(NC(=O)c2cccc(CCCOCCOCCOCCOCCCS(=O)(=O)c3ccc(CCC(=O)O)cc3)c2)c(-c2cc(C(=O)N[C@H]3CCCc4ccccc43)ccn2)c1. The van der Waals surface area contributed by atoms with Crippen LogP contribution in [-0.2, 0) is 52.8 Å². The Balaban J connectivity index is 0.880. The van der Waals surface area contributed by atoms with Gasteiger partial charge in [0.05, 0.1) is 67.7 Å². The third-order valence-electron chi connectivity index (χ3n) is 12.0. The fourth-order valence-corrected chi connectivity index (χ4v) is 9.57. The molecule has 1 aliphatic rings. The summed E-state index contributed by atoms with van der Waals surface area (Å²) in [5.74, 6) is -1.35. The van der Waals surface area contributed by atoms with Crippen molar-refractivity contribution >= 4 is 39.0 Å². The highest BCUT2D eigenvalue weighted by atomic mass is 32.2. The second kappa shape index (κ2) is 27.3. The van der Waals surface area contributed by atoms with Crippen LogP contribution in [0.4, 0.5) is 11.4 Å². The molecule has 1 aromatic heterocycles. The molecule has 3 N–H and O–H groups in total. The first-order valence-electron chi connectivity index (χ1n) is 24.0. The average Bonchev–Trinajstić information content (AvgIpc) is 3.36. The number of nitrogens with one attached hydrogen (secondary N) is 2. The van der Waals surface area contributed by atoms with Crippen molar-refractivity contribution in [1.82, 2.24) is 10.3 Å². The molecule has 368 valence electrons. The first kappa shape index (κ1) is 52.4. The number of fused-ring (bicyclic) bond motifs is 1. The van der Waals surface area contributed by atoms with E-state index in [1.54, 1.807) is 36.5 Å². The lowest BCUT2D eigenvalue weighted by molar-refractivity contribution is -0.136. The van der Waals surface area contributed by atoms with Crippen LogP contribution in [0.1, 0.15) is 95.0 Å². The molecule has 1 atom stereocenters. The summed E-state index contributed by atoms with van der Waals surface area (Å²) in [4.78, 5) is 45.4. The van der Waals surface area contributed by atoms with Crippen LogP contribution in [0.25, 0.3) is 11.3 Å². The van der Waals surface area contributed by atoms with Gasteiger partial charge < -0.3 is 39.6 Å². The number of carboxylic acid groups (broad SMARTS) is 1. The minimum Gasteiger partial charge on any atom is -0.481 e. The van der Waals surface area contributed by atoms with Gasteiger partial charge in [-0.3, -0.25) is 19.4 Å². The molecule has 0 spiro atoms. The van der Waals surface area contributed by atoms with Crippen molar-refractivity contribution in [1.29, 1.82) is 0 Å². The monoisotopic (exact) mass is 962 g/mol. The van der Waals surface area contributed by atoms with E-state index in [-0.39, 0.29) is 41.5 Å². The number of hydrogen-bond acceptors (Lipinski definition) is 11. The van der Waals surface area contributed by atoms with Gasteiger partial charge >= 0.3 is 5.97 Å². The molecular weight excluding hydrogens is 897 g/mol. The number of sulfone groups is 1. The van der Waals surface area contributed by atoms with Gasteiger partial charge in [0, 0.05) is 61.3 Å². The summed E-state index contributed by atoms with van der Waals surface area (Å²) < 4.78 is 47.7. The van der Waals surface area contributed by atoms with Crippen molar-refractivity contribution in [2.45, 2.75) is 76.2 Å². The van der Waals surface area contributed by atoms with Gasteiger partial charge in [0.2, 0.25) is 0 Å². The summed E-state index contributed by atoms with van der Waals surface area (Å²) in [6.07, 6.45) is 6.76. The van der Waals surface area contributed by atoms with Crippen LogP contribution < -0.4 is 15.5 Å². The Bertz CT molecular complexity index is 2550. The molecule has 2 amide bonds. The first-order chi connectivity index (χ1) is 33.5. The van der Waals surface area contributed by atoms with Gasteiger partial charge in [-0.1, -0.05) is 48.5 Å². The molecule has 15 heteroatoms. The molecule has 0 radical (unpaired) electrons. The normalized spacial score (nSPS) is 13.4. The molecule has 1 heterocycles. The molecule has 0 unspecified atom stereocenters. The van der Waals surface area contributed by atoms with Crippen molar-refractivity contribution < 1.29 is 46.9 Å². The number of rotatable bonds is 29. The van der Waals surface area contributed by atoms with E-state index in [1.807, 2.05) is 48.5 Å². The zero-order valence-corrected chi connectivity index (χ0v) is 40.6. The number of aromatic nitrogens is 1. The Morgan fingerprint density at radius 2 is 1.39 bits per heavy atom. The molecule has 14 nitrogen and oxygen atoms in total. The second-order valence-corrected chi connectivity index (χ2v) is 19.0. The smallest absolute Gasteiger partial charge is 0.303 e. The number of aryl methyl sites for hydroxylation is 3. The van der Waals surface area contributed by atoms with E-state index in [0.717, 1.165) is 67.6 Å². The Hall–Kier alpha value is -5.97. The van der Waals surface area contributed by atoms with E-state index in [4.69, 9.17) is 29.0 Å². The van der Waals surface area contributed by atoms with Gasteiger partial charge in [-0.25, -0.2) is 8.42 Å². The molecule has 0 aliphatic heterocycles. The van der Waals surface area contributed by atoms with E-state index in [2.05, 4.69) is 41.5 Å². The predicted octanol–water partition coefficient (Wildman–Crippen LogP) is 8.53. The number of pyridine rings is 1. The first-order valence-corrected chi connectivity index (χ1v) is 25.7. The fraction of sp³-hybridized carbons (Fsp3) is 0.407. The van der Waals surface area contributed by atoms with Crippen LogP contribution in [0.15, 0.2) is 114 Å². The zero-order valence-electron chi connectivity index (χ0n) is 39.8. The average molecular weight is 963 g/mol. The lowest BCUT2D eigenvalue weighted by Crippen LogP contribution is -2.31. The minimum absolute atomic E-state index is 0.00259. The van der Waals surface area contributed by atoms with Crippen LogP contribution in [0.5, 0.6) is 0 Å². The van der Waals surface area contributed by atoms with Crippen LogP contribution >= 0.6 is 0 Å². The molecule has 69 heavy (non-hydrogen) atoms. The van der Waals surface area contributed by atoms with Crippen molar-refractivity contribution in [2.75, 3.05) is 81.9 Å². The molecule has 0 saturated heterocycles. The molecule has 0 saturated carbocycles. The van der Waals surface area contributed by atoms with E-state index in [0.29, 0.717) is 81.6 Å². The number of anilines is 2. The second-order valence-electron chi connectivity index (χ2n) is 16.9. The topological polar surface area (TPSA) is 183 Å². The van der Waals surface area contributed by atoms with Gasteiger partial charge in [-0.15, -0.1) is 0 Å². The number of amides is 2. The number of carboxylic acids is 1. The Morgan fingerprint density at radius 3 is 2.10 bits per heavy atom. The lowest BCUT2D eigenvalue weighted by Gasteiger charge is -2.26. The molecular formula is C54H66N4O10S. The molecule has 1 aliphatic carbocycles. The van der Waals surface area contributed by atoms with Crippen molar-refractivity contribution in [3.8, 4) is 11.3 Å². The van der Waals surface area contributed by atoms with Gasteiger partial charge in [-0.2, -0.15) is 0 Å². The zero-order chi connectivity index (χ0) is 48.9. The summed E-state index contributed by atoms with van der Waals surface area (Å²) in [6.45, 7) is 9.02.